The van der Waals surface area contributed by atoms with E-state index < -0.39 is 5.97 Å². The lowest BCUT2D eigenvalue weighted by Crippen LogP contribution is -2.41. The quantitative estimate of drug-likeness (QED) is 0.185. The first-order valence-electron chi connectivity index (χ1n) is 13.7. The third kappa shape index (κ3) is 8.11. The van der Waals surface area contributed by atoms with E-state index in [1.54, 1.807) is 14.2 Å². The molecule has 2 aromatic carbocycles. The highest BCUT2D eigenvalue weighted by molar-refractivity contribution is 7.99. The van der Waals surface area contributed by atoms with Crippen LogP contribution < -0.4 is 9.47 Å². The van der Waals surface area contributed by atoms with Gasteiger partial charge in [-0.25, -0.2) is 0 Å². The number of ether oxygens (including phenoxy) is 2. The molecule has 0 aliphatic carbocycles. The molecule has 1 aromatic heterocycles. The number of rotatable bonds is 14. The second kappa shape index (κ2) is 14.4. The Hall–Kier alpha value is -2.77. The third-order valence-corrected chi connectivity index (χ3v) is 8.77. The molecule has 1 aliphatic heterocycles. The van der Waals surface area contributed by atoms with Gasteiger partial charge in [0.25, 0.3) is 0 Å². The summed E-state index contributed by atoms with van der Waals surface area (Å²) >= 11 is 1.87. The molecule has 2 unspecified atom stereocenters. The topological polar surface area (TPSA) is 71.9 Å². The number of aryl methyl sites for hydroxylation is 1. The minimum atomic E-state index is -0.687. The largest absolute Gasteiger partial charge is 0.497 e. The fourth-order valence-electron chi connectivity index (χ4n) is 5.63. The first-order chi connectivity index (χ1) is 18.6. The van der Waals surface area contributed by atoms with E-state index in [4.69, 9.17) is 9.47 Å². The molecular weight excluding hydrogens is 496 g/mol. The molecule has 4 rings (SSSR count). The molecule has 1 aliphatic rings. The van der Waals surface area contributed by atoms with Crippen molar-refractivity contribution in [1.29, 1.82) is 0 Å². The second-order valence-corrected chi connectivity index (χ2v) is 11.3. The van der Waals surface area contributed by atoms with Gasteiger partial charge in [-0.2, -0.15) is 0 Å². The molecule has 0 spiro atoms. The van der Waals surface area contributed by atoms with Crippen LogP contribution in [-0.4, -0.2) is 60.6 Å². The summed E-state index contributed by atoms with van der Waals surface area (Å²) in [6.45, 7) is 3.18. The molecule has 0 amide bonds. The Morgan fingerprint density at radius 2 is 1.89 bits per heavy atom. The van der Waals surface area contributed by atoms with Crippen LogP contribution in [0.2, 0.25) is 0 Å². The van der Waals surface area contributed by atoms with Gasteiger partial charge in [-0.3, -0.25) is 9.78 Å². The summed E-state index contributed by atoms with van der Waals surface area (Å²) in [5.41, 5.74) is 2.31. The summed E-state index contributed by atoms with van der Waals surface area (Å²) < 4.78 is 10.8. The average Bonchev–Trinajstić information content (AvgIpc) is 2.95. The summed E-state index contributed by atoms with van der Waals surface area (Å²) in [7, 11) is 3.40. The molecule has 204 valence electrons. The molecule has 7 heteroatoms. The van der Waals surface area contributed by atoms with Crippen LogP contribution in [0.1, 0.15) is 44.1 Å². The van der Waals surface area contributed by atoms with Crippen LogP contribution in [0, 0.1) is 11.8 Å². The van der Waals surface area contributed by atoms with Crippen molar-refractivity contribution in [3.8, 4) is 11.5 Å². The van der Waals surface area contributed by atoms with E-state index in [-0.39, 0.29) is 6.42 Å². The van der Waals surface area contributed by atoms with Gasteiger partial charge in [-0.05, 0) is 117 Å². The van der Waals surface area contributed by atoms with Crippen molar-refractivity contribution in [3.63, 3.8) is 0 Å². The summed E-state index contributed by atoms with van der Waals surface area (Å²) in [6, 6.07) is 16.4. The smallest absolute Gasteiger partial charge is 0.303 e. The Bertz CT molecular complexity index is 1190. The summed E-state index contributed by atoms with van der Waals surface area (Å²) in [5.74, 6) is 3.16. The zero-order chi connectivity index (χ0) is 26.7. The molecule has 0 radical (unpaired) electrons. The van der Waals surface area contributed by atoms with Crippen molar-refractivity contribution in [2.75, 3.05) is 39.6 Å². The van der Waals surface area contributed by atoms with Crippen LogP contribution in [0.3, 0.4) is 0 Å². The molecule has 38 heavy (non-hydrogen) atoms. The van der Waals surface area contributed by atoms with Crippen molar-refractivity contribution in [3.05, 3.63) is 60.3 Å². The number of likely N-dealkylation sites (tertiary alicyclic amines) is 1. The van der Waals surface area contributed by atoms with Crippen LogP contribution in [0.5, 0.6) is 11.5 Å². The average molecular weight is 537 g/mol. The number of carboxylic acid groups (broad SMARTS) is 1. The van der Waals surface area contributed by atoms with Gasteiger partial charge in [0.15, 0.2) is 0 Å². The standard InChI is InChI=1S/C31H40N2O4S/c1-36-26-8-4-9-28(20-26)38-19-5-17-33-18-15-23(25(22-33)10-13-31(34)35)6-3-7-24-14-16-32-30-12-11-27(37-2)21-29(24)30/h4,8-9,11-12,14,16,20-21,23,25H,3,5-7,10,13,15,17-19,22H2,1-2H3,(H,34,35). The number of benzene rings is 2. The predicted molar refractivity (Wildman–Crippen MR) is 154 cm³/mol. The Morgan fingerprint density at radius 3 is 2.71 bits per heavy atom. The Morgan fingerprint density at radius 1 is 1.05 bits per heavy atom. The number of nitrogens with zero attached hydrogens (tertiary/aromatic N) is 2. The van der Waals surface area contributed by atoms with Crippen molar-refractivity contribution in [1.82, 2.24) is 9.88 Å². The van der Waals surface area contributed by atoms with Crippen LogP contribution in [0.4, 0.5) is 0 Å². The molecule has 1 N–H and O–H groups in total. The van der Waals surface area contributed by atoms with Crippen LogP contribution in [0.25, 0.3) is 10.9 Å². The van der Waals surface area contributed by atoms with Gasteiger partial charge in [0, 0.05) is 29.4 Å². The van der Waals surface area contributed by atoms with Crippen molar-refractivity contribution in [2.24, 2.45) is 11.8 Å². The third-order valence-electron chi connectivity index (χ3n) is 7.69. The number of carbonyl (C=O) groups is 1. The number of fused-ring (bicyclic) bond motifs is 1. The zero-order valence-electron chi connectivity index (χ0n) is 22.6. The lowest BCUT2D eigenvalue weighted by atomic mass is 9.79. The number of aliphatic carboxylic acids is 1. The predicted octanol–water partition coefficient (Wildman–Crippen LogP) is 6.56. The van der Waals surface area contributed by atoms with E-state index in [2.05, 4.69) is 34.1 Å². The highest BCUT2D eigenvalue weighted by Gasteiger charge is 2.29. The molecule has 1 fully saturated rings. The van der Waals surface area contributed by atoms with Gasteiger partial charge in [0.05, 0.1) is 19.7 Å². The maximum atomic E-state index is 11.4. The van der Waals surface area contributed by atoms with E-state index in [0.717, 1.165) is 86.3 Å². The molecule has 1 saturated heterocycles. The minimum absolute atomic E-state index is 0.259. The van der Waals surface area contributed by atoms with Gasteiger partial charge in [0.2, 0.25) is 0 Å². The Kier molecular flexibility index (Phi) is 10.7. The number of carboxylic acids is 1. The molecular formula is C31H40N2O4S. The van der Waals surface area contributed by atoms with Crippen LogP contribution >= 0.6 is 11.8 Å². The summed E-state index contributed by atoms with van der Waals surface area (Å²) in [5, 5.41) is 10.5. The monoisotopic (exact) mass is 536 g/mol. The number of methoxy groups -OCH3 is 2. The minimum Gasteiger partial charge on any atom is -0.497 e. The van der Waals surface area contributed by atoms with Gasteiger partial charge < -0.3 is 19.5 Å². The maximum absolute atomic E-state index is 11.4. The van der Waals surface area contributed by atoms with Gasteiger partial charge >= 0.3 is 5.97 Å². The molecule has 3 aromatic rings. The summed E-state index contributed by atoms with van der Waals surface area (Å²) in [6.07, 6.45) is 8.43. The fraction of sp³-hybridized carbons (Fsp3) is 0.484. The lowest BCUT2D eigenvalue weighted by molar-refractivity contribution is -0.137. The Labute approximate surface area is 230 Å². The fourth-order valence-corrected chi connectivity index (χ4v) is 6.51. The molecule has 0 bridgehead atoms. The first kappa shape index (κ1) is 28.2. The zero-order valence-corrected chi connectivity index (χ0v) is 23.4. The number of hydrogen-bond acceptors (Lipinski definition) is 6. The van der Waals surface area contributed by atoms with Crippen LogP contribution in [-0.2, 0) is 11.2 Å². The number of aromatic nitrogens is 1. The van der Waals surface area contributed by atoms with E-state index in [0.29, 0.717) is 11.8 Å². The Balaban J connectivity index is 1.27. The van der Waals surface area contributed by atoms with E-state index >= 15 is 0 Å². The number of pyridine rings is 1. The van der Waals surface area contributed by atoms with Crippen LogP contribution in [0.15, 0.2) is 59.6 Å². The molecule has 2 heterocycles. The second-order valence-electron chi connectivity index (χ2n) is 10.2. The molecule has 0 saturated carbocycles. The normalized spacial score (nSPS) is 17.9. The lowest BCUT2D eigenvalue weighted by Gasteiger charge is -2.39. The van der Waals surface area contributed by atoms with Gasteiger partial charge in [-0.1, -0.05) is 6.07 Å². The highest BCUT2D eigenvalue weighted by atomic mass is 32.2. The summed E-state index contributed by atoms with van der Waals surface area (Å²) in [4.78, 5) is 19.7. The van der Waals surface area contributed by atoms with E-state index in [1.807, 2.05) is 42.2 Å². The first-order valence-corrected chi connectivity index (χ1v) is 14.7. The van der Waals surface area contributed by atoms with E-state index in [1.165, 1.54) is 10.5 Å². The van der Waals surface area contributed by atoms with Crippen molar-refractivity contribution >= 4 is 28.6 Å². The van der Waals surface area contributed by atoms with Gasteiger partial charge in [-0.15, -0.1) is 11.8 Å². The van der Waals surface area contributed by atoms with E-state index in [9.17, 15) is 9.90 Å². The number of piperidine rings is 1. The molecule has 2 atom stereocenters. The molecule has 6 nitrogen and oxygen atoms in total. The van der Waals surface area contributed by atoms with Gasteiger partial charge in [0.1, 0.15) is 11.5 Å². The van der Waals surface area contributed by atoms with Crippen molar-refractivity contribution in [2.45, 2.75) is 49.8 Å². The highest BCUT2D eigenvalue weighted by Crippen LogP contribution is 2.33. The maximum Gasteiger partial charge on any atom is 0.303 e. The number of thioether (sulfide) groups is 1. The van der Waals surface area contributed by atoms with Crippen molar-refractivity contribution < 1.29 is 19.4 Å². The number of hydrogen-bond donors (Lipinski definition) is 1. The SMILES string of the molecule is COc1cccc(SCCCN2CCC(CCCc3ccnc4ccc(OC)cc34)C(CCC(=O)O)C2)c1.